The summed E-state index contributed by atoms with van der Waals surface area (Å²) in [5, 5.41) is 0.705. The number of hydrogen-bond acceptors (Lipinski definition) is 1. The van der Waals surface area contributed by atoms with Crippen LogP contribution in [-0.2, 0) is 12.8 Å². The molecule has 0 aliphatic carbocycles. The third-order valence-corrected chi connectivity index (χ3v) is 3.70. The zero-order valence-electron chi connectivity index (χ0n) is 10.5. The van der Waals surface area contributed by atoms with Crippen molar-refractivity contribution in [3.05, 3.63) is 69.2 Å². The van der Waals surface area contributed by atoms with Crippen LogP contribution < -0.4 is 5.73 Å². The van der Waals surface area contributed by atoms with Gasteiger partial charge in [-0.2, -0.15) is 0 Å². The van der Waals surface area contributed by atoms with Gasteiger partial charge in [-0.15, -0.1) is 0 Å². The number of rotatable bonds is 4. The van der Waals surface area contributed by atoms with E-state index in [1.165, 1.54) is 24.3 Å². The van der Waals surface area contributed by atoms with Crippen LogP contribution in [0.5, 0.6) is 0 Å². The topological polar surface area (TPSA) is 26.0 Å². The van der Waals surface area contributed by atoms with Crippen molar-refractivity contribution in [3.8, 4) is 0 Å². The molecule has 0 spiro atoms. The molecular weight excluding hydrogens is 303 g/mol. The van der Waals surface area contributed by atoms with E-state index in [2.05, 4.69) is 0 Å². The minimum atomic E-state index is -0.381. The number of benzene rings is 2. The summed E-state index contributed by atoms with van der Waals surface area (Å²) >= 11 is 11.9. The maximum absolute atomic E-state index is 13.0. The molecular formula is C15H13Cl2F2N. The van der Waals surface area contributed by atoms with Crippen molar-refractivity contribution >= 4 is 23.2 Å². The number of nitrogens with two attached hydrogens (primary N) is 1. The molecule has 0 aliphatic rings. The molecule has 5 heteroatoms. The Hall–Kier alpha value is -1.16. The molecule has 0 heterocycles. The van der Waals surface area contributed by atoms with Crippen LogP contribution in [0.25, 0.3) is 0 Å². The molecule has 1 nitrogen and oxygen atoms in total. The molecule has 2 rings (SSSR count). The molecule has 0 bridgehead atoms. The van der Waals surface area contributed by atoms with Crippen LogP contribution in [0, 0.1) is 11.6 Å². The van der Waals surface area contributed by atoms with Gasteiger partial charge >= 0.3 is 0 Å². The van der Waals surface area contributed by atoms with Crippen molar-refractivity contribution in [2.75, 3.05) is 0 Å². The van der Waals surface area contributed by atoms with Gasteiger partial charge in [0.25, 0.3) is 0 Å². The average molecular weight is 316 g/mol. The molecule has 2 aromatic carbocycles. The molecule has 0 aliphatic heterocycles. The zero-order chi connectivity index (χ0) is 14.7. The van der Waals surface area contributed by atoms with Gasteiger partial charge in [0.2, 0.25) is 0 Å². The monoisotopic (exact) mass is 315 g/mol. The number of halogens is 4. The Kier molecular flexibility index (Phi) is 4.97. The van der Waals surface area contributed by atoms with Crippen LogP contribution in [-0.4, -0.2) is 6.04 Å². The fourth-order valence-electron chi connectivity index (χ4n) is 2.01. The highest BCUT2D eigenvalue weighted by molar-refractivity contribution is 6.31. The van der Waals surface area contributed by atoms with Crippen LogP contribution in [0.3, 0.4) is 0 Å². The molecule has 0 fully saturated rings. The number of hydrogen-bond donors (Lipinski definition) is 1. The van der Waals surface area contributed by atoms with Crippen molar-refractivity contribution in [2.45, 2.75) is 18.9 Å². The van der Waals surface area contributed by atoms with Gasteiger partial charge in [0.1, 0.15) is 11.6 Å². The average Bonchev–Trinajstić information content (AvgIpc) is 2.36. The van der Waals surface area contributed by atoms with E-state index >= 15 is 0 Å². The summed E-state index contributed by atoms with van der Waals surface area (Å²) in [5.41, 5.74) is 7.60. The van der Waals surface area contributed by atoms with Gasteiger partial charge in [0, 0.05) is 16.1 Å². The molecule has 0 radical (unpaired) electrons. The van der Waals surface area contributed by atoms with E-state index < -0.39 is 0 Å². The lowest BCUT2D eigenvalue weighted by Gasteiger charge is -2.14. The Labute approximate surface area is 126 Å². The molecule has 2 N–H and O–H groups in total. The van der Waals surface area contributed by atoms with E-state index in [-0.39, 0.29) is 17.7 Å². The van der Waals surface area contributed by atoms with E-state index in [4.69, 9.17) is 28.9 Å². The van der Waals surface area contributed by atoms with Crippen LogP contribution in [0.1, 0.15) is 11.1 Å². The maximum Gasteiger partial charge on any atom is 0.124 e. The van der Waals surface area contributed by atoms with E-state index in [0.29, 0.717) is 22.9 Å². The Balaban J connectivity index is 2.07. The Morgan fingerprint density at radius 1 is 0.850 bits per heavy atom. The second kappa shape index (κ2) is 6.53. The van der Waals surface area contributed by atoms with Crippen LogP contribution in [0.4, 0.5) is 8.78 Å². The minimum absolute atomic E-state index is 0.235. The smallest absolute Gasteiger partial charge is 0.124 e. The largest absolute Gasteiger partial charge is 0.327 e. The first-order chi connectivity index (χ1) is 9.45. The van der Waals surface area contributed by atoms with Crippen molar-refractivity contribution < 1.29 is 8.78 Å². The lowest BCUT2D eigenvalue weighted by Crippen LogP contribution is -2.25. The summed E-state index contributed by atoms with van der Waals surface area (Å²) in [6.07, 6.45) is 0.986. The Morgan fingerprint density at radius 2 is 1.25 bits per heavy atom. The third-order valence-electron chi connectivity index (χ3n) is 2.99. The maximum atomic E-state index is 13.0. The molecule has 0 aromatic heterocycles. The molecule has 0 atom stereocenters. The zero-order valence-corrected chi connectivity index (χ0v) is 12.1. The summed E-state index contributed by atoms with van der Waals surface area (Å²) in [7, 11) is 0. The Bertz CT molecular complexity index is 563. The summed E-state index contributed by atoms with van der Waals surface area (Å²) in [4.78, 5) is 0. The minimum Gasteiger partial charge on any atom is -0.327 e. The first-order valence-corrected chi connectivity index (χ1v) is 6.84. The SMILES string of the molecule is NC(Cc1ccc(F)cc1Cl)Cc1ccc(F)cc1Cl. The highest BCUT2D eigenvalue weighted by atomic mass is 35.5. The second-order valence-electron chi connectivity index (χ2n) is 4.64. The summed E-state index contributed by atoms with van der Waals surface area (Å²) < 4.78 is 25.9. The van der Waals surface area contributed by atoms with Gasteiger partial charge in [-0.05, 0) is 48.2 Å². The summed E-state index contributed by atoms with van der Waals surface area (Å²) in [5.74, 6) is -0.761. The molecule has 106 valence electrons. The lowest BCUT2D eigenvalue weighted by molar-refractivity contribution is 0.621. The van der Waals surface area contributed by atoms with Crippen LogP contribution >= 0.6 is 23.2 Å². The summed E-state index contributed by atoms with van der Waals surface area (Å²) in [6.45, 7) is 0. The third kappa shape index (κ3) is 3.92. The van der Waals surface area contributed by atoms with E-state index in [0.717, 1.165) is 11.1 Å². The quantitative estimate of drug-likeness (QED) is 0.890. The van der Waals surface area contributed by atoms with Crippen LogP contribution in [0.15, 0.2) is 36.4 Å². The molecule has 20 heavy (non-hydrogen) atoms. The lowest BCUT2D eigenvalue weighted by atomic mass is 9.99. The standard InChI is InChI=1S/C15H13Cl2F2N/c16-14-7-11(18)3-1-9(14)5-13(20)6-10-2-4-12(19)8-15(10)17/h1-4,7-8,13H,5-6,20H2. The molecule has 0 unspecified atom stereocenters. The van der Waals surface area contributed by atoms with Crippen molar-refractivity contribution in [1.29, 1.82) is 0 Å². The van der Waals surface area contributed by atoms with Gasteiger partial charge in [0.15, 0.2) is 0 Å². The van der Waals surface area contributed by atoms with Crippen molar-refractivity contribution in [3.63, 3.8) is 0 Å². The molecule has 0 saturated carbocycles. The molecule has 0 saturated heterocycles. The predicted octanol–water partition coefficient (Wildman–Crippen LogP) is 4.38. The fraction of sp³-hybridized carbons (Fsp3) is 0.200. The van der Waals surface area contributed by atoms with Crippen molar-refractivity contribution in [1.82, 2.24) is 0 Å². The van der Waals surface area contributed by atoms with E-state index in [1.807, 2.05) is 0 Å². The van der Waals surface area contributed by atoms with Gasteiger partial charge in [-0.3, -0.25) is 0 Å². The highest BCUT2D eigenvalue weighted by Crippen LogP contribution is 2.22. The normalized spacial score (nSPS) is 11.1. The summed E-state index contributed by atoms with van der Waals surface area (Å²) in [6, 6.07) is 8.20. The van der Waals surface area contributed by atoms with E-state index in [1.54, 1.807) is 12.1 Å². The fourth-order valence-corrected chi connectivity index (χ4v) is 2.50. The highest BCUT2D eigenvalue weighted by Gasteiger charge is 2.11. The van der Waals surface area contributed by atoms with Gasteiger partial charge in [0.05, 0.1) is 0 Å². The van der Waals surface area contributed by atoms with Gasteiger partial charge < -0.3 is 5.73 Å². The first kappa shape index (κ1) is 15.2. The first-order valence-electron chi connectivity index (χ1n) is 6.09. The molecule has 0 amide bonds. The van der Waals surface area contributed by atoms with Gasteiger partial charge in [-0.1, -0.05) is 35.3 Å². The van der Waals surface area contributed by atoms with Crippen LogP contribution in [0.2, 0.25) is 10.0 Å². The van der Waals surface area contributed by atoms with Gasteiger partial charge in [-0.25, -0.2) is 8.78 Å². The second-order valence-corrected chi connectivity index (χ2v) is 5.45. The predicted molar refractivity (Wildman–Crippen MR) is 78.2 cm³/mol. The van der Waals surface area contributed by atoms with E-state index in [9.17, 15) is 8.78 Å². The Morgan fingerprint density at radius 3 is 1.60 bits per heavy atom. The van der Waals surface area contributed by atoms with Crippen molar-refractivity contribution in [2.24, 2.45) is 5.73 Å². The molecule has 2 aromatic rings.